The Morgan fingerprint density at radius 1 is 1.40 bits per heavy atom. The van der Waals surface area contributed by atoms with Crippen LogP contribution in [-0.2, 0) is 0 Å². The molecule has 0 spiro atoms. The van der Waals surface area contributed by atoms with Crippen molar-refractivity contribution in [2.24, 2.45) is 0 Å². The first-order chi connectivity index (χ1) is 7.18. The lowest BCUT2D eigenvalue weighted by atomic mass is 10.1. The Balaban J connectivity index is 2.49. The van der Waals surface area contributed by atoms with Crippen LogP contribution in [0.3, 0.4) is 0 Å². The van der Waals surface area contributed by atoms with E-state index in [0.29, 0.717) is 0 Å². The first kappa shape index (κ1) is 9.93. The summed E-state index contributed by atoms with van der Waals surface area (Å²) in [4.78, 5) is 4.25. The number of rotatable bonds is 2. The normalized spacial score (nSPS) is 12.7. The van der Waals surface area contributed by atoms with Crippen LogP contribution in [0.5, 0.6) is 0 Å². The molecule has 1 N–H and O–H groups in total. The maximum atomic E-state index is 9.55. The molecular formula is C12H14N2O. The van der Waals surface area contributed by atoms with Gasteiger partial charge >= 0.3 is 0 Å². The van der Waals surface area contributed by atoms with Gasteiger partial charge in [0.1, 0.15) is 12.1 Å². The van der Waals surface area contributed by atoms with Crippen molar-refractivity contribution in [2.45, 2.75) is 20.1 Å². The van der Waals surface area contributed by atoms with Crippen molar-refractivity contribution in [2.75, 3.05) is 0 Å². The lowest BCUT2D eigenvalue weighted by molar-refractivity contribution is 0.126. The van der Waals surface area contributed by atoms with Crippen LogP contribution in [0.2, 0.25) is 0 Å². The molecule has 1 aromatic heterocycles. The highest BCUT2D eigenvalue weighted by Gasteiger charge is 2.08. The molecule has 0 aliphatic rings. The van der Waals surface area contributed by atoms with Gasteiger partial charge in [0.25, 0.3) is 0 Å². The Bertz CT molecular complexity index is 460. The molecule has 0 fully saturated rings. The van der Waals surface area contributed by atoms with Crippen molar-refractivity contribution in [3.8, 4) is 11.4 Å². The van der Waals surface area contributed by atoms with Crippen LogP contribution in [0, 0.1) is 6.92 Å². The molecule has 15 heavy (non-hydrogen) atoms. The maximum absolute atomic E-state index is 9.55. The third-order valence-corrected chi connectivity index (χ3v) is 2.35. The van der Waals surface area contributed by atoms with Crippen molar-refractivity contribution in [1.29, 1.82) is 0 Å². The number of aromatic nitrogens is 2. The zero-order valence-electron chi connectivity index (χ0n) is 8.88. The van der Waals surface area contributed by atoms with Gasteiger partial charge in [-0.15, -0.1) is 0 Å². The van der Waals surface area contributed by atoms with Crippen molar-refractivity contribution < 1.29 is 5.11 Å². The molecule has 78 valence electrons. The molecule has 0 saturated heterocycles. The molecule has 1 heterocycles. The van der Waals surface area contributed by atoms with Crippen LogP contribution in [0.4, 0.5) is 0 Å². The van der Waals surface area contributed by atoms with Gasteiger partial charge in [0.15, 0.2) is 0 Å². The molecule has 1 atom stereocenters. The first-order valence-corrected chi connectivity index (χ1v) is 4.96. The Kier molecular flexibility index (Phi) is 2.56. The monoisotopic (exact) mass is 202 g/mol. The zero-order chi connectivity index (χ0) is 10.8. The van der Waals surface area contributed by atoms with Gasteiger partial charge in [-0.2, -0.15) is 0 Å². The van der Waals surface area contributed by atoms with Crippen LogP contribution in [0.15, 0.2) is 36.7 Å². The lowest BCUT2D eigenvalue weighted by Gasteiger charge is -2.10. The quantitative estimate of drug-likeness (QED) is 0.811. The highest BCUT2D eigenvalue weighted by Crippen LogP contribution is 2.20. The van der Waals surface area contributed by atoms with Crippen LogP contribution < -0.4 is 0 Å². The number of aliphatic hydroxyl groups excluding tert-OH is 1. The molecule has 1 unspecified atom stereocenters. The van der Waals surface area contributed by atoms with E-state index in [-0.39, 0.29) is 0 Å². The summed E-state index contributed by atoms with van der Waals surface area (Å²) < 4.78 is 1.74. The van der Waals surface area contributed by atoms with E-state index in [1.165, 1.54) is 5.56 Å². The molecule has 0 aliphatic carbocycles. The third kappa shape index (κ3) is 1.92. The second-order valence-corrected chi connectivity index (χ2v) is 3.66. The number of imidazole rings is 1. The number of aliphatic hydroxyl groups is 1. The van der Waals surface area contributed by atoms with Gasteiger partial charge < -0.3 is 9.67 Å². The van der Waals surface area contributed by atoms with Crippen LogP contribution in [0.1, 0.15) is 18.7 Å². The zero-order valence-corrected chi connectivity index (χ0v) is 8.88. The fraction of sp³-hybridized carbons (Fsp3) is 0.250. The van der Waals surface area contributed by atoms with Crippen LogP contribution >= 0.6 is 0 Å². The predicted molar refractivity (Wildman–Crippen MR) is 59.3 cm³/mol. The minimum Gasteiger partial charge on any atom is -0.374 e. The number of hydrogen-bond donors (Lipinski definition) is 1. The summed E-state index contributed by atoms with van der Waals surface area (Å²) in [6.45, 7) is 3.76. The van der Waals surface area contributed by atoms with Crippen molar-refractivity contribution in [3.63, 3.8) is 0 Å². The van der Waals surface area contributed by atoms with Crippen LogP contribution in [0.25, 0.3) is 11.4 Å². The van der Waals surface area contributed by atoms with Gasteiger partial charge in [0, 0.05) is 18.0 Å². The second-order valence-electron chi connectivity index (χ2n) is 3.66. The summed E-state index contributed by atoms with van der Waals surface area (Å²) in [5.41, 5.74) is 2.22. The highest BCUT2D eigenvalue weighted by molar-refractivity contribution is 5.56. The smallest absolute Gasteiger partial charge is 0.141 e. The molecule has 0 bridgehead atoms. The molecule has 3 nitrogen and oxygen atoms in total. The van der Waals surface area contributed by atoms with E-state index in [1.807, 2.05) is 25.1 Å². The van der Waals surface area contributed by atoms with Gasteiger partial charge in [-0.05, 0) is 19.9 Å². The summed E-state index contributed by atoms with van der Waals surface area (Å²) in [7, 11) is 0. The summed E-state index contributed by atoms with van der Waals surface area (Å²) >= 11 is 0. The SMILES string of the molecule is Cc1cccc(-c2nccn2C(C)O)c1. The fourth-order valence-corrected chi connectivity index (χ4v) is 1.62. The number of nitrogens with zero attached hydrogens (tertiary/aromatic N) is 2. The van der Waals surface area contributed by atoms with Crippen molar-refractivity contribution >= 4 is 0 Å². The van der Waals surface area contributed by atoms with Gasteiger partial charge in [-0.25, -0.2) is 4.98 Å². The molecule has 0 radical (unpaired) electrons. The summed E-state index contributed by atoms with van der Waals surface area (Å²) in [5.74, 6) is 0.800. The summed E-state index contributed by atoms with van der Waals surface area (Å²) in [6, 6.07) is 8.08. The average molecular weight is 202 g/mol. The van der Waals surface area contributed by atoms with E-state index in [0.717, 1.165) is 11.4 Å². The molecule has 0 saturated carbocycles. The van der Waals surface area contributed by atoms with Crippen molar-refractivity contribution in [1.82, 2.24) is 9.55 Å². The third-order valence-electron chi connectivity index (χ3n) is 2.35. The summed E-state index contributed by atoms with van der Waals surface area (Å²) in [5, 5.41) is 9.55. The van der Waals surface area contributed by atoms with E-state index in [2.05, 4.69) is 11.1 Å². The maximum Gasteiger partial charge on any atom is 0.141 e. The van der Waals surface area contributed by atoms with Gasteiger partial charge in [0.05, 0.1) is 0 Å². The Hall–Kier alpha value is -1.61. The largest absolute Gasteiger partial charge is 0.374 e. The summed E-state index contributed by atoms with van der Waals surface area (Å²) in [6.07, 6.45) is 2.93. The molecule has 3 heteroatoms. The lowest BCUT2D eigenvalue weighted by Crippen LogP contribution is -2.04. The second kappa shape index (κ2) is 3.87. The van der Waals surface area contributed by atoms with Crippen LogP contribution in [-0.4, -0.2) is 14.7 Å². The predicted octanol–water partition coefficient (Wildman–Crippen LogP) is 2.37. The molecular weight excluding hydrogens is 188 g/mol. The molecule has 0 aliphatic heterocycles. The van der Waals surface area contributed by atoms with E-state index < -0.39 is 6.23 Å². The number of benzene rings is 1. The first-order valence-electron chi connectivity index (χ1n) is 4.96. The number of hydrogen-bond acceptors (Lipinski definition) is 2. The van der Waals surface area contributed by atoms with Gasteiger partial charge in [-0.1, -0.05) is 23.8 Å². The van der Waals surface area contributed by atoms with Crippen molar-refractivity contribution in [3.05, 3.63) is 42.2 Å². The highest BCUT2D eigenvalue weighted by atomic mass is 16.3. The molecule has 2 aromatic rings. The molecule has 0 amide bonds. The minimum absolute atomic E-state index is 0.553. The Morgan fingerprint density at radius 3 is 2.87 bits per heavy atom. The van der Waals surface area contributed by atoms with E-state index in [1.54, 1.807) is 23.9 Å². The topological polar surface area (TPSA) is 38.0 Å². The van der Waals surface area contributed by atoms with E-state index >= 15 is 0 Å². The standard InChI is InChI=1S/C12H14N2O/c1-9-4-3-5-11(8-9)12-13-6-7-14(12)10(2)15/h3-8,10,15H,1-2H3. The number of aryl methyl sites for hydroxylation is 1. The van der Waals surface area contributed by atoms with Gasteiger partial charge in [0.2, 0.25) is 0 Å². The van der Waals surface area contributed by atoms with Gasteiger partial charge in [-0.3, -0.25) is 0 Å². The van der Waals surface area contributed by atoms with E-state index in [4.69, 9.17) is 0 Å². The average Bonchev–Trinajstić information content (AvgIpc) is 2.65. The fourth-order valence-electron chi connectivity index (χ4n) is 1.62. The minimum atomic E-state index is -0.553. The Morgan fingerprint density at radius 2 is 2.20 bits per heavy atom. The molecule has 1 aromatic carbocycles. The molecule has 2 rings (SSSR count). The Labute approximate surface area is 89.0 Å². The van der Waals surface area contributed by atoms with E-state index in [9.17, 15) is 5.11 Å².